The fourth-order valence-electron chi connectivity index (χ4n) is 5.37. The van der Waals surface area contributed by atoms with Crippen molar-refractivity contribution in [3.63, 3.8) is 0 Å². The summed E-state index contributed by atoms with van der Waals surface area (Å²) >= 11 is 0. The molecule has 3 aliphatic rings. The monoisotopic (exact) mass is 516 g/mol. The molecule has 7 unspecified atom stereocenters. The third kappa shape index (κ3) is 6.13. The van der Waals surface area contributed by atoms with Crippen molar-refractivity contribution in [1.82, 2.24) is 10.6 Å². The second-order valence-electron chi connectivity index (χ2n) is 10.2. The highest BCUT2D eigenvalue weighted by Gasteiger charge is 2.46. The van der Waals surface area contributed by atoms with Gasteiger partial charge in [0, 0.05) is 30.2 Å². The predicted octanol–water partition coefficient (Wildman–Crippen LogP) is 3.02. The standard InChI is InChI=1S/C27H36N2O8/c1-4-15(2)26(32)37-24-8-7-21(29-36-14-17-12-28-35-13-17)20-11-23(31)16(3)18(25(20)24)5-6-19-22(30)9-10-34-27(19)33/h7,11-13,15-16,18-19,22,24-25,29-30H,4-6,8-10,14H2,1-3H3. The number of hydrogen-bond acceptors (Lipinski definition) is 10. The largest absolute Gasteiger partial charge is 0.465 e. The summed E-state index contributed by atoms with van der Waals surface area (Å²) in [6.07, 6.45) is 7.71. The number of cyclic esters (lactones) is 1. The van der Waals surface area contributed by atoms with Crippen molar-refractivity contribution in [1.29, 1.82) is 0 Å². The second-order valence-corrected chi connectivity index (χ2v) is 10.2. The molecule has 1 saturated heterocycles. The van der Waals surface area contributed by atoms with Crippen LogP contribution in [0.2, 0.25) is 0 Å². The van der Waals surface area contributed by atoms with E-state index in [4.69, 9.17) is 18.8 Å². The van der Waals surface area contributed by atoms with E-state index in [1.807, 2.05) is 26.8 Å². The number of aliphatic hydroxyl groups is 1. The van der Waals surface area contributed by atoms with Crippen LogP contribution in [0.3, 0.4) is 0 Å². The minimum absolute atomic E-state index is 0.0383. The maximum Gasteiger partial charge on any atom is 0.311 e. The molecular weight excluding hydrogens is 480 g/mol. The van der Waals surface area contributed by atoms with Gasteiger partial charge in [-0.2, -0.15) is 0 Å². The molecule has 7 atom stereocenters. The molecule has 2 heterocycles. The molecule has 0 aromatic carbocycles. The van der Waals surface area contributed by atoms with E-state index in [2.05, 4.69) is 10.6 Å². The lowest BCUT2D eigenvalue weighted by Crippen LogP contribution is -2.45. The van der Waals surface area contributed by atoms with Gasteiger partial charge in [0.2, 0.25) is 0 Å². The first kappa shape index (κ1) is 27.1. The summed E-state index contributed by atoms with van der Waals surface area (Å²) < 4.78 is 16.0. The maximum atomic E-state index is 13.1. The molecule has 4 rings (SSSR count). The zero-order valence-corrected chi connectivity index (χ0v) is 21.6. The number of allylic oxidation sites excluding steroid dienone is 2. The first-order valence-corrected chi connectivity index (χ1v) is 13.1. The number of aromatic nitrogens is 1. The fourth-order valence-corrected chi connectivity index (χ4v) is 5.37. The van der Waals surface area contributed by atoms with E-state index in [-0.39, 0.29) is 48.6 Å². The van der Waals surface area contributed by atoms with Gasteiger partial charge in [0.1, 0.15) is 19.0 Å². The molecule has 202 valence electrons. The number of nitrogens with zero attached hydrogens (tertiary/aromatic N) is 1. The smallest absolute Gasteiger partial charge is 0.311 e. The summed E-state index contributed by atoms with van der Waals surface area (Å²) in [5.41, 5.74) is 5.08. The van der Waals surface area contributed by atoms with E-state index in [1.165, 1.54) is 6.26 Å². The Kier molecular flexibility index (Phi) is 8.81. The SMILES string of the molecule is CCC(C)C(=O)OC1CC=C(NOCc2cnoc2)C2=CC(=O)C(C)C(CCC3C(=O)OCCC3O)C21. The number of rotatable bonds is 10. The Hall–Kier alpha value is -2.98. The number of hydrogen-bond donors (Lipinski definition) is 2. The Balaban J connectivity index is 1.56. The number of ether oxygens (including phenoxy) is 2. The normalized spacial score (nSPS) is 30.5. The van der Waals surface area contributed by atoms with Gasteiger partial charge in [-0.15, -0.1) is 0 Å². The molecule has 10 heteroatoms. The van der Waals surface area contributed by atoms with E-state index >= 15 is 0 Å². The van der Waals surface area contributed by atoms with Crippen LogP contribution < -0.4 is 5.48 Å². The average Bonchev–Trinajstić information content (AvgIpc) is 3.40. The fraction of sp³-hybridized carbons (Fsp3) is 0.630. The molecule has 0 amide bonds. The van der Waals surface area contributed by atoms with Crippen LogP contribution in [0.25, 0.3) is 0 Å². The average molecular weight is 517 g/mol. The summed E-state index contributed by atoms with van der Waals surface area (Å²) in [4.78, 5) is 43.8. The molecule has 0 radical (unpaired) electrons. The summed E-state index contributed by atoms with van der Waals surface area (Å²) in [6.45, 7) is 6.07. The van der Waals surface area contributed by atoms with Gasteiger partial charge in [0.25, 0.3) is 0 Å². The topological polar surface area (TPSA) is 137 Å². The van der Waals surface area contributed by atoms with Crippen molar-refractivity contribution in [2.45, 2.75) is 71.7 Å². The Morgan fingerprint density at radius 3 is 2.84 bits per heavy atom. The van der Waals surface area contributed by atoms with Crippen LogP contribution in [0.15, 0.2) is 40.4 Å². The number of aliphatic hydroxyl groups excluding tert-OH is 1. The molecule has 2 aliphatic carbocycles. The number of esters is 2. The molecule has 0 bridgehead atoms. The van der Waals surface area contributed by atoms with Crippen LogP contribution in [0.4, 0.5) is 0 Å². The Bertz CT molecular complexity index is 1030. The number of hydroxylamine groups is 1. The minimum atomic E-state index is -0.765. The zero-order chi connectivity index (χ0) is 26.5. The quantitative estimate of drug-likeness (QED) is 0.353. The number of nitrogens with one attached hydrogen (secondary N) is 1. The third-order valence-corrected chi connectivity index (χ3v) is 7.90. The molecule has 0 spiro atoms. The molecule has 0 saturated carbocycles. The van der Waals surface area contributed by atoms with Crippen LogP contribution in [-0.2, 0) is 35.3 Å². The summed E-state index contributed by atoms with van der Waals surface area (Å²) in [6, 6.07) is 0. The summed E-state index contributed by atoms with van der Waals surface area (Å²) in [5, 5.41) is 14.1. The van der Waals surface area contributed by atoms with E-state index in [0.29, 0.717) is 37.8 Å². The van der Waals surface area contributed by atoms with E-state index in [0.717, 1.165) is 11.1 Å². The van der Waals surface area contributed by atoms with Gasteiger partial charge in [0.05, 0.1) is 36.4 Å². The lowest BCUT2D eigenvalue weighted by Gasteiger charge is -2.43. The van der Waals surface area contributed by atoms with Crippen molar-refractivity contribution >= 4 is 17.7 Å². The van der Waals surface area contributed by atoms with Crippen molar-refractivity contribution in [3.8, 4) is 0 Å². The zero-order valence-electron chi connectivity index (χ0n) is 21.6. The molecule has 1 aliphatic heterocycles. The van der Waals surface area contributed by atoms with Crippen LogP contribution in [0.5, 0.6) is 0 Å². The molecule has 1 aromatic heterocycles. The molecule has 37 heavy (non-hydrogen) atoms. The molecule has 1 fully saturated rings. The molecule has 2 N–H and O–H groups in total. The molecular formula is C27H36N2O8. The highest BCUT2D eigenvalue weighted by Crippen LogP contribution is 2.45. The first-order valence-electron chi connectivity index (χ1n) is 13.1. The number of carbonyl (C=O) groups is 3. The van der Waals surface area contributed by atoms with Gasteiger partial charge in [-0.3, -0.25) is 24.7 Å². The van der Waals surface area contributed by atoms with E-state index in [9.17, 15) is 19.5 Å². The molecule has 10 nitrogen and oxygen atoms in total. The second kappa shape index (κ2) is 12.0. The summed E-state index contributed by atoms with van der Waals surface area (Å²) in [5.74, 6) is -2.40. The number of fused-ring (bicyclic) bond motifs is 1. The highest BCUT2D eigenvalue weighted by molar-refractivity contribution is 5.94. The van der Waals surface area contributed by atoms with E-state index < -0.39 is 24.1 Å². The van der Waals surface area contributed by atoms with Crippen LogP contribution in [0, 0.1) is 29.6 Å². The Labute approximate surface area is 216 Å². The highest BCUT2D eigenvalue weighted by atomic mass is 16.6. The van der Waals surface area contributed by atoms with E-state index in [1.54, 1.807) is 12.3 Å². The van der Waals surface area contributed by atoms with Crippen molar-refractivity contribution < 1.29 is 38.3 Å². The van der Waals surface area contributed by atoms with Crippen LogP contribution in [0.1, 0.15) is 58.4 Å². The van der Waals surface area contributed by atoms with Crippen LogP contribution >= 0.6 is 0 Å². The predicted molar refractivity (Wildman–Crippen MR) is 130 cm³/mol. The molecule has 1 aromatic rings. The number of ketones is 1. The van der Waals surface area contributed by atoms with Gasteiger partial charge in [0.15, 0.2) is 5.78 Å². The van der Waals surface area contributed by atoms with Gasteiger partial charge < -0.3 is 19.1 Å². The van der Waals surface area contributed by atoms with Crippen molar-refractivity contribution in [3.05, 3.63) is 41.4 Å². The Morgan fingerprint density at radius 2 is 2.14 bits per heavy atom. The summed E-state index contributed by atoms with van der Waals surface area (Å²) in [7, 11) is 0. The van der Waals surface area contributed by atoms with Gasteiger partial charge in [-0.1, -0.05) is 32.0 Å². The first-order chi connectivity index (χ1) is 17.8. The number of carbonyl (C=O) groups excluding carboxylic acids is 3. The van der Waals surface area contributed by atoms with Gasteiger partial charge in [-0.25, -0.2) is 0 Å². The van der Waals surface area contributed by atoms with Gasteiger partial charge >= 0.3 is 11.9 Å². The van der Waals surface area contributed by atoms with Gasteiger partial charge in [-0.05, 0) is 36.8 Å². The third-order valence-electron chi connectivity index (χ3n) is 7.90. The van der Waals surface area contributed by atoms with Crippen LogP contribution in [-0.4, -0.2) is 46.8 Å². The lowest BCUT2D eigenvalue weighted by atomic mass is 9.64. The lowest BCUT2D eigenvalue weighted by molar-refractivity contribution is -0.161. The minimum Gasteiger partial charge on any atom is -0.465 e. The van der Waals surface area contributed by atoms with Crippen molar-refractivity contribution in [2.75, 3.05) is 6.61 Å². The van der Waals surface area contributed by atoms with Crippen molar-refractivity contribution in [2.24, 2.45) is 29.6 Å². The maximum absolute atomic E-state index is 13.1. The Morgan fingerprint density at radius 1 is 1.32 bits per heavy atom.